The Morgan fingerprint density at radius 3 is 2.61 bits per heavy atom. The van der Waals surface area contributed by atoms with Crippen LogP contribution >= 0.6 is 0 Å². The first-order valence-electron chi connectivity index (χ1n) is 5.53. The molecule has 7 nitrogen and oxygen atoms in total. The van der Waals surface area contributed by atoms with E-state index in [1.165, 1.54) is 6.20 Å². The van der Waals surface area contributed by atoms with Gasteiger partial charge in [0.25, 0.3) is 5.91 Å². The number of nitrogens with zero attached hydrogens (tertiary/aromatic N) is 1. The summed E-state index contributed by atoms with van der Waals surface area (Å²) in [7, 11) is 0. The molecule has 5 N–H and O–H groups in total. The van der Waals surface area contributed by atoms with Gasteiger partial charge in [-0.15, -0.1) is 0 Å². The van der Waals surface area contributed by atoms with Crippen LogP contribution in [-0.4, -0.2) is 29.4 Å². The number of hydrogen-bond acceptors (Lipinski definition) is 5. The Morgan fingerprint density at radius 1 is 1.39 bits per heavy atom. The molecule has 0 unspecified atom stereocenters. The lowest BCUT2D eigenvalue weighted by Crippen LogP contribution is -2.39. The van der Waals surface area contributed by atoms with Gasteiger partial charge < -0.3 is 16.1 Å². The molecule has 18 heavy (non-hydrogen) atoms. The maximum Gasteiger partial charge on any atom is 0.253 e. The van der Waals surface area contributed by atoms with Crippen LogP contribution in [0.25, 0.3) is 0 Å². The molecule has 0 atom stereocenters. The molecule has 0 radical (unpaired) electrons. The van der Waals surface area contributed by atoms with Crippen molar-refractivity contribution in [1.29, 1.82) is 0 Å². The maximum atomic E-state index is 11.7. The number of nitrogen functional groups attached to an aromatic ring is 1. The first kappa shape index (κ1) is 13.9. The van der Waals surface area contributed by atoms with Crippen molar-refractivity contribution in [3.05, 3.63) is 23.9 Å². The number of aromatic nitrogens is 1. The number of hydrogen-bond donors (Lipinski definition) is 4. The summed E-state index contributed by atoms with van der Waals surface area (Å²) in [6.45, 7) is 3.64. The Kier molecular flexibility index (Phi) is 5.06. The number of nitrogens with one attached hydrogen (secondary N) is 3. The number of carbonyl (C=O) groups is 2. The van der Waals surface area contributed by atoms with E-state index in [9.17, 15) is 9.59 Å². The highest BCUT2D eigenvalue weighted by atomic mass is 16.2. The molecule has 1 aromatic heterocycles. The monoisotopic (exact) mass is 251 g/mol. The lowest BCUT2D eigenvalue weighted by Gasteiger charge is -2.09. The summed E-state index contributed by atoms with van der Waals surface area (Å²) < 4.78 is 0. The van der Waals surface area contributed by atoms with Crippen LogP contribution in [0, 0.1) is 0 Å². The van der Waals surface area contributed by atoms with Crippen molar-refractivity contribution >= 4 is 17.6 Å². The molecule has 0 aliphatic heterocycles. The molecular formula is C11H17N5O2. The van der Waals surface area contributed by atoms with E-state index in [1.807, 2.05) is 13.8 Å². The van der Waals surface area contributed by atoms with E-state index in [1.54, 1.807) is 12.1 Å². The van der Waals surface area contributed by atoms with Gasteiger partial charge in [0.05, 0.1) is 12.1 Å². The fourth-order valence-electron chi connectivity index (χ4n) is 1.25. The molecule has 0 saturated heterocycles. The molecule has 2 amide bonds. The Balaban J connectivity index is 2.47. The largest absolute Gasteiger partial charge is 0.352 e. The highest BCUT2D eigenvalue weighted by Crippen LogP contribution is 2.02. The zero-order valence-electron chi connectivity index (χ0n) is 10.4. The lowest BCUT2D eigenvalue weighted by atomic mass is 10.2. The second-order valence-electron chi connectivity index (χ2n) is 3.98. The van der Waals surface area contributed by atoms with Crippen molar-refractivity contribution in [3.8, 4) is 0 Å². The van der Waals surface area contributed by atoms with Gasteiger partial charge in [-0.2, -0.15) is 0 Å². The maximum absolute atomic E-state index is 11.7. The van der Waals surface area contributed by atoms with Gasteiger partial charge in [-0.3, -0.25) is 9.59 Å². The fraction of sp³-hybridized carbons (Fsp3) is 0.364. The van der Waals surface area contributed by atoms with E-state index in [-0.39, 0.29) is 24.4 Å². The van der Waals surface area contributed by atoms with Crippen molar-refractivity contribution in [2.75, 3.05) is 12.0 Å². The van der Waals surface area contributed by atoms with E-state index < -0.39 is 0 Å². The van der Waals surface area contributed by atoms with Gasteiger partial charge in [-0.25, -0.2) is 10.8 Å². The van der Waals surface area contributed by atoms with Crippen molar-refractivity contribution in [1.82, 2.24) is 15.6 Å². The van der Waals surface area contributed by atoms with Crippen molar-refractivity contribution in [3.63, 3.8) is 0 Å². The number of hydrazine groups is 1. The predicted molar refractivity (Wildman–Crippen MR) is 67.7 cm³/mol. The molecule has 1 aromatic rings. The van der Waals surface area contributed by atoms with Crippen LogP contribution in [0.4, 0.5) is 5.82 Å². The number of rotatable bonds is 5. The Labute approximate surface area is 105 Å². The van der Waals surface area contributed by atoms with E-state index in [2.05, 4.69) is 21.0 Å². The molecule has 0 bridgehead atoms. The smallest absolute Gasteiger partial charge is 0.253 e. The molecule has 7 heteroatoms. The number of nitrogens with two attached hydrogens (primary N) is 1. The van der Waals surface area contributed by atoms with Crippen LogP contribution in [-0.2, 0) is 4.79 Å². The molecule has 0 aliphatic rings. The molecule has 0 spiro atoms. The molecule has 0 saturated carbocycles. The molecule has 1 heterocycles. The van der Waals surface area contributed by atoms with Crippen LogP contribution in [0.2, 0.25) is 0 Å². The number of anilines is 1. The summed E-state index contributed by atoms with van der Waals surface area (Å²) in [4.78, 5) is 26.9. The third-order valence-corrected chi connectivity index (χ3v) is 2.03. The van der Waals surface area contributed by atoms with E-state index >= 15 is 0 Å². The standard InChI is InChI=1S/C11H17N5O2/c1-7(2)15-10(17)6-14-11(18)8-3-4-9(16-12)13-5-8/h3-5,7H,6,12H2,1-2H3,(H,13,16)(H,14,18)(H,15,17). The van der Waals surface area contributed by atoms with Gasteiger partial charge in [-0.1, -0.05) is 0 Å². The van der Waals surface area contributed by atoms with Gasteiger partial charge >= 0.3 is 0 Å². The van der Waals surface area contributed by atoms with Gasteiger partial charge in [0.15, 0.2) is 0 Å². The highest BCUT2D eigenvalue weighted by molar-refractivity contribution is 5.96. The van der Waals surface area contributed by atoms with Crippen LogP contribution in [0.3, 0.4) is 0 Å². The summed E-state index contributed by atoms with van der Waals surface area (Å²) >= 11 is 0. The minimum Gasteiger partial charge on any atom is -0.352 e. The number of carbonyl (C=O) groups excluding carboxylic acids is 2. The average Bonchev–Trinajstić information content (AvgIpc) is 2.35. The Hall–Kier alpha value is -2.15. The zero-order chi connectivity index (χ0) is 13.5. The van der Waals surface area contributed by atoms with Crippen LogP contribution < -0.4 is 21.9 Å². The second kappa shape index (κ2) is 6.55. The van der Waals surface area contributed by atoms with E-state index in [0.29, 0.717) is 11.4 Å². The summed E-state index contributed by atoms with van der Waals surface area (Å²) in [5, 5.41) is 5.17. The lowest BCUT2D eigenvalue weighted by molar-refractivity contribution is -0.120. The molecular weight excluding hydrogens is 234 g/mol. The van der Waals surface area contributed by atoms with Crippen molar-refractivity contribution in [2.24, 2.45) is 5.84 Å². The Morgan fingerprint density at radius 2 is 2.11 bits per heavy atom. The SMILES string of the molecule is CC(C)NC(=O)CNC(=O)c1ccc(NN)nc1. The van der Waals surface area contributed by atoms with Gasteiger partial charge in [0.2, 0.25) is 5.91 Å². The summed E-state index contributed by atoms with van der Waals surface area (Å²) in [5.74, 6) is 5.03. The molecule has 0 aromatic carbocycles. The molecule has 1 rings (SSSR count). The van der Waals surface area contributed by atoms with Gasteiger partial charge in [0, 0.05) is 12.2 Å². The fourth-order valence-corrected chi connectivity index (χ4v) is 1.25. The van der Waals surface area contributed by atoms with Crippen molar-refractivity contribution in [2.45, 2.75) is 19.9 Å². The zero-order valence-corrected chi connectivity index (χ0v) is 10.4. The minimum absolute atomic E-state index is 0.0472. The summed E-state index contributed by atoms with van der Waals surface area (Å²) in [6, 6.07) is 3.19. The van der Waals surface area contributed by atoms with Crippen molar-refractivity contribution < 1.29 is 9.59 Å². The van der Waals surface area contributed by atoms with Crippen LogP contribution in [0.1, 0.15) is 24.2 Å². The third kappa shape index (κ3) is 4.38. The third-order valence-electron chi connectivity index (χ3n) is 2.03. The quantitative estimate of drug-likeness (QED) is 0.421. The second-order valence-corrected chi connectivity index (χ2v) is 3.98. The summed E-state index contributed by atoms with van der Waals surface area (Å²) in [6.07, 6.45) is 1.38. The van der Waals surface area contributed by atoms with Gasteiger partial charge in [0.1, 0.15) is 5.82 Å². The summed E-state index contributed by atoms with van der Waals surface area (Å²) in [5.41, 5.74) is 2.72. The predicted octanol–water partition coefficient (Wildman–Crippen LogP) is -0.378. The molecule has 0 aliphatic carbocycles. The molecule has 98 valence electrons. The molecule has 0 fully saturated rings. The van der Waals surface area contributed by atoms with E-state index in [0.717, 1.165) is 0 Å². The van der Waals surface area contributed by atoms with Crippen LogP contribution in [0.15, 0.2) is 18.3 Å². The van der Waals surface area contributed by atoms with Crippen LogP contribution in [0.5, 0.6) is 0 Å². The topological polar surface area (TPSA) is 109 Å². The normalized spacial score (nSPS) is 10.0. The number of amides is 2. The first-order valence-corrected chi connectivity index (χ1v) is 5.53. The average molecular weight is 251 g/mol. The highest BCUT2D eigenvalue weighted by Gasteiger charge is 2.08. The van der Waals surface area contributed by atoms with E-state index in [4.69, 9.17) is 5.84 Å². The number of pyridine rings is 1. The van der Waals surface area contributed by atoms with Gasteiger partial charge in [-0.05, 0) is 26.0 Å². The first-order chi connectivity index (χ1) is 8.52. The Bertz CT molecular complexity index is 416. The minimum atomic E-state index is -0.357.